The zero-order valence-corrected chi connectivity index (χ0v) is 18.1. The average molecular weight is 433 g/mol. The van der Waals surface area contributed by atoms with Crippen LogP contribution in [0, 0.1) is 0 Å². The van der Waals surface area contributed by atoms with Crippen molar-refractivity contribution in [2.75, 3.05) is 23.7 Å². The van der Waals surface area contributed by atoms with Gasteiger partial charge in [-0.2, -0.15) is 15.1 Å². The molecule has 9 nitrogen and oxygen atoms in total. The van der Waals surface area contributed by atoms with Gasteiger partial charge in [-0.3, -0.25) is 4.68 Å². The summed E-state index contributed by atoms with van der Waals surface area (Å²) in [6, 6.07) is 10.4. The van der Waals surface area contributed by atoms with Crippen LogP contribution < -0.4 is 16.0 Å². The smallest absolute Gasteiger partial charge is 0.231 e. The molecule has 1 fully saturated rings. The number of aryl methyl sites for hydroxylation is 1. The lowest BCUT2D eigenvalue weighted by molar-refractivity contribution is 0.215. The van der Waals surface area contributed by atoms with Gasteiger partial charge in [-0.05, 0) is 31.9 Å². The lowest BCUT2D eigenvalue weighted by Crippen LogP contribution is -2.38. The molecule has 1 aliphatic rings. The Hall–Kier alpha value is -3.43. The second kappa shape index (κ2) is 8.97. The number of hydrogen-bond acceptors (Lipinski definition) is 7. The number of rotatable bonds is 7. The normalized spacial score (nSPS) is 16.4. The minimum Gasteiger partial charge on any atom is -0.376 e. The molecule has 1 aliphatic heterocycles. The number of aliphatic hydroxyl groups excluding tert-OH is 1. The lowest BCUT2D eigenvalue weighted by Gasteiger charge is -2.25. The summed E-state index contributed by atoms with van der Waals surface area (Å²) in [5, 5.41) is 25.7. The van der Waals surface area contributed by atoms with Gasteiger partial charge in [-0.25, -0.2) is 0 Å². The molecule has 0 aliphatic carbocycles. The Kier molecular flexibility index (Phi) is 5.74. The third-order valence-corrected chi connectivity index (χ3v) is 5.80. The molecule has 9 heteroatoms. The molecule has 0 spiro atoms. The maximum atomic E-state index is 10.1. The Bertz CT molecular complexity index is 1190. The number of piperidine rings is 1. The molecule has 1 saturated heterocycles. The number of nitrogens with one attached hydrogen (secondary N) is 3. The van der Waals surface area contributed by atoms with Crippen LogP contribution in [-0.4, -0.2) is 48.6 Å². The highest BCUT2D eigenvalue weighted by Crippen LogP contribution is 2.35. The second-order valence-corrected chi connectivity index (χ2v) is 8.01. The monoisotopic (exact) mass is 432 g/mol. The van der Waals surface area contributed by atoms with E-state index in [9.17, 15) is 5.11 Å². The van der Waals surface area contributed by atoms with E-state index in [0.717, 1.165) is 60.5 Å². The van der Waals surface area contributed by atoms with Crippen molar-refractivity contribution in [2.45, 2.75) is 39.1 Å². The van der Waals surface area contributed by atoms with E-state index in [4.69, 9.17) is 9.97 Å². The van der Waals surface area contributed by atoms with Gasteiger partial charge in [0.05, 0.1) is 17.3 Å². The highest BCUT2D eigenvalue weighted by molar-refractivity contribution is 6.02. The third kappa shape index (κ3) is 4.04. The van der Waals surface area contributed by atoms with E-state index in [1.807, 2.05) is 42.2 Å². The third-order valence-electron chi connectivity index (χ3n) is 5.80. The van der Waals surface area contributed by atoms with Crippen molar-refractivity contribution in [2.24, 2.45) is 0 Å². The van der Waals surface area contributed by atoms with Crippen LogP contribution in [0.4, 0.5) is 17.5 Å². The number of anilines is 3. The first-order valence-electron chi connectivity index (χ1n) is 11.1. The Morgan fingerprint density at radius 1 is 1.19 bits per heavy atom. The van der Waals surface area contributed by atoms with Gasteiger partial charge in [-0.15, -0.1) is 0 Å². The number of aliphatic hydroxyl groups is 1. The number of nitrogens with zero attached hydrogens (tertiary/aromatic N) is 5. The van der Waals surface area contributed by atoms with E-state index in [-0.39, 0.29) is 12.8 Å². The minimum atomic E-state index is -0.169. The van der Waals surface area contributed by atoms with Crippen molar-refractivity contribution in [1.82, 2.24) is 29.6 Å². The molecular formula is C23H28N8O. The maximum absolute atomic E-state index is 10.1. The van der Waals surface area contributed by atoms with E-state index in [1.165, 1.54) is 0 Å². The first-order chi connectivity index (χ1) is 15.7. The fraction of sp³-hybridized carbons (Fsp3) is 0.348. The molecule has 4 heterocycles. The summed E-state index contributed by atoms with van der Waals surface area (Å²) in [5.74, 6) is 1.23. The predicted molar refractivity (Wildman–Crippen MR) is 126 cm³/mol. The van der Waals surface area contributed by atoms with Crippen LogP contribution in [0.2, 0.25) is 0 Å². The van der Waals surface area contributed by atoms with Crippen molar-refractivity contribution < 1.29 is 5.11 Å². The van der Waals surface area contributed by atoms with Crippen molar-refractivity contribution in [3.63, 3.8) is 0 Å². The Morgan fingerprint density at radius 2 is 2.06 bits per heavy atom. The molecule has 0 bridgehead atoms. The summed E-state index contributed by atoms with van der Waals surface area (Å²) in [7, 11) is 0. The topological polar surface area (TPSA) is 105 Å². The van der Waals surface area contributed by atoms with Gasteiger partial charge in [0.15, 0.2) is 0 Å². The first-order valence-corrected chi connectivity index (χ1v) is 11.1. The molecule has 3 aromatic heterocycles. The quantitative estimate of drug-likeness (QED) is 0.355. The summed E-state index contributed by atoms with van der Waals surface area (Å²) in [4.78, 5) is 9.63. The SMILES string of the molecule is CCn1cc(Nc2nc(NC3CCCNC3)c3c(-c4ccccc4)cn(CO)c3n2)cn1. The van der Waals surface area contributed by atoms with Crippen molar-refractivity contribution in [1.29, 1.82) is 0 Å². The fourth-order valence-corrected chi connectivity index (χ4v) is 4.19. The molecule has 0 radical (unpaired) electrons. The zero-order chi connectivity index (χ0) is 21.9. The number of benzene rings is 1. The van der Waals surface area contributed by atoms with Crippen LogP contribution in [-0.2, 0) is 13.3 Å². The molecule has 166 valence electrons. The summed E-state index contributed by atoms with van der Waals surface area (Å²) in [6.45, 7) is 4.59. The van der Waals surface area contributed by atoms with E-state index < -0.39 is 0 Å². The fourth-order valence-electron chi connectivity index (χ4n) is 4.19. The van der Waals surface area contributed by atoms with Gasteiger partial charge in [0.2, 0.25) is 5.95 Å². The van der Waals surface area contributed by atoms with Crippen LogP contribution in [0.15, 0.2) is 48.9 Å². The molecule has 4 N–H and O–H groups in total. The Balaban J connectivity index is 1.63. The highest BCUT2D eigenvalue weighted by Gasteiger charge is 2.21. The van der Waals surface area contributed by atoms with Crippen LogP contribution in [0.5, 0.6) is 0 Å². The Labute approximate surface area is 186 Å². The molecule has 32 heavy (non-hydrogen) atoms. The first kappa shape index (κ1) is 20.5. The molecule has 1 atom stereocenters. The molecule has 4 aromatic rings. The minimum absolute atomic E-state index is 0.169. The standard InChI is InChI=1S/C23H28N8O/c1-2-31-13-18(12-25-31)27-23-28-21(26-17-9-6-10-24-11-17)20-19(16-7-4-3-5-8-16)14-30(15-32)22(20)29-23/h3-5,7-8,12-14,17,24,32H,2,6,9-11,15H2,1H3,(H2,26,27,28,29). The van der Waals surface area contributed by atoms with E-state index in [1.54, 1.807) is 10.8 Å². The molecule has 5 rings (SSSR count). The van der Waals surface area contributed by atoms with Crippen molar-refractivity contribution in [3.8, 4) is 11.1 Å². The lowest BCUT2D eigenvalue weighted by atomic mass is 10.0. The van der Waals surface area contributed by atoms with Crippen molar-refractivity contribution in [3.05, 3.63) is 48.9 Å². The number of aromatic nitrogens is 5. The van der Waals surface area contributed by atoms with Crippen LogP contribution in [0.1, 0.15) is 19.8 Å². The molecule has 0 amide bonds. The largest absolute Gasteiger partial charge is 0.376 e. The molecule has 1 aromatic carbocycles. The van der Waals surface area contributed by atoms with E-state index in [2.05, 4.69) is 33.2 Å². The van der Waals surface area contributed by atoms with Gasteiger partial charge in [0.25, 0.3) is 0 Å². The number of fused-ring (bicyclic) bond motifs is 1. The Morgan fingerprint density at radius 3 is 2.78 bits per heavy atom. The summed E-state index contributed by atoms with van der Waals surface area (Å²) in [5.41, 5.74) is 3.55. The van der Waals surface area contributed by atoms with E-state index in [0.29, 0.717) is 11.6 Å². The molecular weight excluding hydrogens is 404 g/mol. The average Bonchev–Trinajstić information content (AvgIpc) is 3.45. The highest BCUT2D eigenvalue weighted by atomic mass is 16.3. The van der Waals surface area contributed by atoms with Crippen LogP contribution in [0.25, 0.3) is 22.2 Å². The van der Waals surface area contributed by atoms with E-state index >= 15 is 0 Å². The summed E-state index contributed by atoms with van der Waals surface area (Å²) < 4.78 is 3.60. The summed E-state index contributed by atoms with van der Waals surface area (Å²) in [6.07, 6.45) is 7.82. The van der Waals surface area contributed by atoms with Crippen LogP contribution in [0.3, 0.4) is 0 Å². The second-order valence-electron chi connectivity index (χ2n) is 8.01. The van der Waals surface area contributed by atoms with Crippen LogP contribution >= 0.6 is 0 Å². The number of hydrogen-bond donors (Lipinski definition) is 4. The molecule has 1 unspecified atom stereocenters. The van der Waals surface area contributed by atoms with Gasteiger partial charge in [0, 0.05) is 37.1 Å². The van der Waals surface area contributed by atoms with Gasteiger partial charge >= 0.3 is 0 Å². The molecule has 0 saturated carbocycles. The summed E-state index contributed by atoms with van der Waals surface area (Å²) >= 11 is 0. The zero-order valence-electron chi connectivity index (χ0n) is 18.1. The predicted octanol–water partition coefficient (Wildman–Crippen LogP) is 3.17. The van der Waals surface area contributed by atoms with Crippen molar-refractivity contribution >= 4 is 28.5 Å². The maximum Gasteiger partial charge on any atom is 0.231 e. The van der Waals surface area contributed by atoms with Gasteiger partial charge < -0.3 is 25.6 Å². The van der Waals surface area contributed by atoms with Gasteiger partial charge in [-0.1, -0.05) is 30.3 Å². The van der Waals surface area contributed by atoms with Gasteiger partial charge in [0.1, 0.15) is 18.2 Å².